The normalized spacial score (nSPS) is 20.0. The van der Waals surface area contributed by atoms with E-state index in [9.17, 15) is 14.9 Å². The summed E-state index contributed by atoms with van der Waals surface area (Å²) in [6.45, 7) is 4.23. The van der Waals surface area contributed by atoms with Crippen LogP contribution < -0.4 is 4.74 Å². The van der Waals surface area contributed by atoms with Crippen molar-refractivity contribution in [3.05, 3.63) is 39.9 Å². The Morgan fingerprint density at radius 2 is 1.92 bits per heavy atom. The van der Waals surface area contributed by atoms with Crippen LogP contribution in [0.3, 0.4) is 0 Å². The summed E-state index contributed by atoms with van der Waals surface area (Å²) in [5.41, 5.74) is -0.362. The molecule has 2 unspecified atom stereocenters. The van der Waals surface area contributed by atoms with E-state index >= 15 is 0 Å². The van der Waals surface area contributed by atoms with Crippen molar-refractivity contribution in [2.24, 2.45) is 0 Å². The number of alkyl halides is 2. The van der Waals surface area contributed by atoms with Crippen LogP contribution in [0.1, 0.15) is 38.7 Å². The highest BCUT2D eigenvalue weighted by molar-refractivity contribution is 6.51. The lowest BCUT2D eigenvalue weighted by atomic mass is 10.1. The minimum absolute atomic E-state index is 0.0907. The van der Waals surface area contributed by atoms with Gasteiger partial charge < -0.3 is 9.47 Å². The summed E-state index contributed by atoms with van der Waals surface area (Å²) in [5, 5.41) is 9.18. The molecule has 0 N–H and O–H groups in total. The second kappa shape index (κ2) is 6.64. The molecule has 0 aromatic heterocycles. The molecule has 24 heavy (non-hydrogen) atoms. The molecule has 1 aromatic carbocycles. The van der Waals surface area contributed by atoms with Crippen molar-refractivity contribution in [2.75, 3.05) is 0 Å². The Bertz CT molecular complexity index is 631. The van der Waals surface area contributed by atoms with Gasteiger partial charge in [0.25, 0.3) is 5.09 Å². The van der Waals surface area contributed by atoms with E-state index in [2.05, 4.69) is 4.84 Å². The van der Waals surface area contributed by atoms with E-state index in [1.165, 1.54) is 20.8 Å². The van der Waals surface area contributed by atoms with Crippen molar-refractivity contribution in [2.45, 2.75) is 49.3 Å². The fraction of sp³-hybridized carbons (Fsp3) is 0.533. The van der Waals surface area contributed by atoms with Crippen LogP contribution in [0.5, 0.6) is 5.75 Å². The van der Waals surface area contributed by atoms with Gasteiger partial charge in [-0.15, -0.1) is 33.3 Å². The van der Waals surface area contributed by atoms with Crippen molar-refractivity contribution in [1.82, 2.24) is 0 Å². The van der Waals surface area contributed by atoms with Gasteiger partial charge in [-0.2, -0.15) is 0 Å². The molecule has 0 amide bonds. The Labute approximate surface area is 148 Å². The molecule has 1 aromatic rings. The molecule has 2 rings (SSSR count). The first-order valence-corrected chi connectivity index (χ1v) is 7.96. The molecule has 1 fully saturated rings. The third-order valence-corrected chi connectivity index (χ3v) is 4.32. The molecule has 1 aliphatic rings. The third kappa shape index (κ3) is 4.64. The van der Waals surface area contributed by atoms with Crippen LogP contribution in [-0.2, 0) is 14.4 Å². The Hall–Kier alpha value is -1.73. The third-order valence-electron chi connectivity index (χ3n) is 3.48. The van der Waals surface area contributed by atoms with Crippen LogP contribution in [0.15, 0.2) is 24.3 Å². The van der Waals surface area contributed by atoms with Crippen LogP contribution in [0.25, 0.3) is 0 Å². The van der Waals surface area contributed by atoms with E-state index in [4.69, 9.17) is 32.7 Å². The number of hydrogen-bond donors (Lipinski definition) is 0. The summed E-state index contributed by atoms with van der Waals surface area (Å²) in [6, 6.07) is 7.05. The SMILES string of the molecule is CC(OC(=O)C(C)(C)Oc1ccc(C2CC2(Cl)Cl)cc1)O[N+](=O)[O-]. The predicted octanol–water partition coefficient (Wildman–Crippen LogP) is 3.60. The van der Waals surface area contributed by atoms with Crippen LogP contribution in [0.2, 0.25) is 0 Å². The predicted molar refractivity (Wildman–Crippen MR) is 86.6 cm³/mol. The van der Waals surface area contributed by atoms with E-state index in [0.717, 1.165) is 5.56 Å². The van der Waals surface area contributed by atoms with Crippen molar-refractivity contribution in [1.29, 1.82) is 0 Å². The number of ether oxygens (including phenoxy) is 2. The summed E-state index contributed by atoms with van der Waals surface area (Å²) in [4.78, 5) is 26.4. The number of carbonyl (C=O) groups excluding carboxylic acids is 1. The lowest BCUT2D eigenvalue weighted by Gasteiger charge is -2.25. The maximum atomic E-state index is 12.0. The quantitative estimate of drug-likeness (QED) is 0.237. The second-order valence-electron chi connectivity index (χ2n) is 6.00. The first-order chi connectivity index (χ1) is 11.0. The van der Waals surface area contributed by atoms with E-state index in [1.54, 1.807) is 12.1 Å². The Morgan fingerprint density at radius 3 is 2.38 bits per heavy atom. The molecule has 9 heteroatoms. The summed E-state index contributed by atoms with van der Waals surface area (Å²) < 4.78 is 9.74. The number of rotatable bonds is 7. The largest absolute Gasteiger partial charge is 0.476 e. The van der Waals surface area contributed by atoms with Crippen LogP contribution in [-0.4, -0.2) is 27.3 Å². The van der Waals surface area contributed by atoms with Gasteiger partial charge in [-0.25, -0.2) is 4.79 Å². The number of halogens is 2. The standard InChI is InChI=1S/C15H17Cl2NO6/c1-9(24-18(20)21)22-13(19)14(2,3)23-11-6-4-10(5-7-11)12-8-15(12,16)17/h4-7,9,12H,8H2,1-3H3. The number of carbonyl (C=O) groups is 1. The van der Waals surface area contributed by atoms with Crippen LogP contribution in [0, 0.1) is 10.1 Å². The first kappa shape index (κ1) is 18.6. The van der Waals surface area contributed by atoms with Gasteiger partial charge in [-0.1, -0.05) is 12.1 Å². The molecule has 0 aliphatic heterocycles. The number of esters is 1. The first-order valence-electron chi connectivity index (χ1n) is 7.20. The molecule has 0 radical (unpaired) electrons. The molecule has 0 heterocycles. The average molecular weight is 378 g/mol. The topological polar surface area (TPSA) is 87.9 Å². The summed E-state index contributed by atoms with van der Waals surface area (Å²) in [6.07, 6.45) is -0.629. The Morgan fingerprint density at radius 1 is 1.38 bits per heavy atom. The zero-order chi connectivity index (χ0) is 18.1. The zero-order valence-electron chi connectivity index (χ0n) is 13.3. The van der Waals surface area contributed by atoms with E-state index in [0.29, 0.717) is 12.2 Å². The van der Waals surface area contributed by atoms with Crippen LogP contribution >= 0.6 is 23.2 Å². The molecule has 0 saturated heterocycles. The van der Waals surface area contributed by atoms with Gasteiger partial charge >= 0.3 is 5.97 Å². The number of nitrogens with zero attached hydrogens (tertiary/aromatic N) is 1. The van der Waals surface area contributed by atoms with Crippen molar-refractivity contribution >= 4 is 29.2 Å². The van der Waals surface area contributed by atoms with Gasteiger partial charge in [0.05, 0.1) is 0 Å². The molecular formula is C15H17Cl2NO6. The summed E-state index contributed by atoms with van der Waals surface area (Å²) >= 11 is 12.1. The summed E-state index contributed by atoms with van der Waals surface area (Å²) in [7, 11) is 0. The highest BCUT2D eigenvalue weighted by atomic mass is 35.5. The molecule has 1 aliphatic carbocycles. The minimum Gasteiger partial charge on any atom is -0.476 e. The zero-order valence-corrected chi connectivity index (χ0v) is 14.8. The van der Waals surface area contributed by atoms with Gasteiger partial charge in [0, 0.05) is 5.92 Å². The smallest absolute Gasteiger partial charge is 0.351 e. The molecular weight excluding hydrogens is 361 g/mol. The van der Waals surface area contributed by atoms with Crippen molar-refractivity contribution < 1.29 is 24.2 Å². The van der Waals surface area contributed by atoms with E-state index in [-0.39, 0.29) is 5.92 Å². The maximum Gasteiger partial charge on any atom is 0.351 e. The highest BCUT2D eigenvalue weighted by Gasteiger charge is 2.52. The molecule has 0 spiro atoms. The van der Waals surface area contributed by atoms with Gasteiger partial charge in [-0.3, -0.25) is 4.84 Å². The molecule has 0 bridgehead atoms. The Balaban J connectivity index is 1.95. The van der Waals surface area contributed by atoms with Gasteiger partial charge in [0.2, 0.25) is 6.29 Å². The highest BCUT2D eigenvalue weighted by Crippen LogP contribution is 2.59. The molecule has 7 nitrogen and oxygen atoms in total. The monoisotopic (exact) mass is 377 g/mol. The van der Waals surface area contributed by atoms with Gasteiger partial charge in [0.15, 0.2) is 5.60 Å². The lowest BCUT2D eigenvalue weighted by molar-refractivity contribution is -0.777. The molecule has 1 saturated carbocycles. The molecule has 2 atom stereocenters. The maximum absolute atomic E-state index is 12.0. The second-order valence-corrected chi connectivity index (χ2v) is 7.54. The minimum atomic E-state index is -1.35. The number of hydrogen-bond acceptors (Lipinski definition) is 6. The molecule has 132 valence electrons. The van der Waals surface area contributed by atoms with Crippen molar-refractivity contribution in [3.63, 3.8) is 0 Å². The fourth-order valence-corrected chi connectivity index (χ4v) is 2.68. The van der Waals surface area contributed by atoms with E-state index in [1.807, 2.05) is 12.1 Å². The number of benzene rings is 1. The Kier molecular flexibility index (Phi) is 5.15. The van der Waals surface area contributed by atoms with Crippen molar-refractivity contribution in [3.8, 4) is 5.75 Å². The summed E-state index contributed by atoms with van der Waals surface area (Å²) in [5.74, 6) is -0.254. The fourth-order valence-electron chi connectivity index (χ4n) is 2.11. The van der Waals surface area contributed by atoms with Gasteiger partial charge in [-0.05, 0) is 44.9 Å². The van der Waals surface area contributed by atoms with Crippen LogP contribution in [0.4, 0.5) is 0 Å². The van der Waals surface area contributed by atoms with E-state index < -0.39 is 27.3 Å². The lowest BCUT2D eigenvalue weighted by Crippen LogP contribution is -2.41. The van der Waals surface area contributed by atoms with Gasteiger partial charge in [0.1, 0.15) is 10.1 Å². The average Bonchev–Trinajstić information content (AvgIpc) is 3.07.